The predicted molar refractivity (Wildman–Crippen MR) is 52.2 cm³/mol. The molecular formula is C9H13N3O2. The number of aryl methyl sites for hydroxylation is 2. The quantitative estimate of drug-likeness (QED) is 0.751. The van der Waals surface area contributed by atoms with Crippen LogP contribution in [0.4, 0.5) is 5.95 Å². The fourth-order valence-electron chi connectivity index (χ4n) is 1.05. The van der Waals surface area contributed by atoms with Crippen LogP contribution >= 0.6 is 0 Å². The van der Waals surface area contributed by atoms with Crippen LogP contribution < -0.4 is 5.32 Å². The largest absolute Gasteiger partial charge is 0.480 e. The van der Waals surface area contributed by atoms with Gasteiger partial charge in [0.25, 0.3) is 0 Å². The highest BCUT2D eigenvalue weighted by Crippen LogP contribution is 2.04. The van der Waals surface area contributed by atoms with Crippen LogP contribution in [0.2, 0.25) is 0 Å². The Morgan fingerprint density at radius 3 is 2.36 bits per heavy atom. The molecule has 5 heteroatoms. The Morgan fingerprint density at radius 2 is 1.93 bits per heavy atom. The van der Waals surface area contributed by atoms with Gasteiger partial charge in [0.05, 0.1) is 0 Å². The topological polar surface area (TPSA) is 75.1 Å². The molecule has 1 aromatic heterocycles. The zero-order chi connectivity index (χ0) is 10.7. The standard InChI is InChI=1S/C9H13N3O2/c1-5-4-6(2)11-9(10-5)12-7(3)8(13)14/h4,7H,1-3H3,(H,13,14)(H,10,11,12)/t7-/m1/s1. The Balaban J connectivity index is 2.81. The summed E-state index contributed by atoms with van der Waals surface area (Å²) in [6, 6.07) is 1.15. The van der Waals surface area contributed by atoms with E-state index in [1.807, 2.05) is 19.9 Å². The minimum Gasteiger partial charge on any atom is -0.480 e. The molecule has 0 saturated heterocycles. The number of anilines is 1. The molecule has 0 saturated carbocycles. The number of carboxylic acids is 1. The highest BCUT2D eigenvalue weighted by Gasteiger charge is 2.11. The van der Waals surface area contributed by atoms with Crippen molar-refractivity contribution in [3.8, 4) is 0 Å². The van der Waals surface area contributed by atoms with E-state index in [1.54, 1.807) is 6.92 Å². The molecule has 1 atom stereocenters. The number of aliphatic carboxylic acids is 1. The maximum absolute atomic E-state index is 10.6. The lowest BCUT2D eigenvalue weighted by Gasteiger charge is -2.09. The molecule has 0 spiro atoms. The second kappa shape index (κ2) is 4.04. The van der Waals surface area contributed by atoms with Crippen molar-refractivity contribution < 1.29 is 9.90 Å². The number of rotatable bonds is 3. The number of nitrogens with zero attached hydrogens (tertiary/aromatic N) is 2. The Morgan fingerprint density at radius 1 is 1.43 bits per heavy atom. The van der Waals surface area contributed by atoms with Crippen molar-refractivity contribution in [2.75, 3.05) is 5.32 Å². The third-order valence-electron chi connectivity index (χ3n) is 1.70. The van der Waals surface area contributed by atoms with Crippen molar-refractivity contribution in [1.82, 2.24) is 9.97 Å². The lowest BCUT2D eigenvalue weighted by atomic mass is 10.3. The minimum absolute atomic E-state index is 0.359. The van der Waals surface area contributed by atoms with Gasteiger partial charge in [-0.05, 0) is 26.8 Å². The van der Waals surface area contributed by atoms with Crippen LogP contribution in [-0.4, -0.2) is 27.1 Å². The minimum atomic E-state index is -0.923. The van der Waals surface area contributed by atoms with E-state index >= 15 is 0 Å². The average molecular weight is 195 g/mol. The fourth-order valence-corrected chi connectivity index (χ4v) is 1.05. The first-order valence-corrected chi connectivity index (χ1v) is 4.30. The molecule has 1 heterocycles. The zero-order valence-corrected chi connectivity index (χ0v) is 8.40. The van der Waals surface area contributed by atoms with E-state index in [0.29, 0.717) is 5.95 Å². The molecule has 0 fully saturated rings. The van der Waals surface area contributed by atoms with E-state index in [-0.39, 0.29) is 0 Å². The van der Waals surface area contributed by atoms with E-state index in [4.69, 9.17) is 5.11 Å². The van der Waals surface area contributed by atoms with Crippen molar-refractivity contribution in [1.29, 1.82) is 0 Å². The lowest BCUT2D eigenvalue weighted by molar-refractivity contribution is -0.137. The Hall–Kier alpha value is -1.65. The summed E-state index contributed by atoms with van der Waals surface area (Å²) in [7, 11) is 0. The van der Waals surface area contributed by atoms with Crippen LogP contribution in [0.3, 0.4) is 0 Å². The normalized spacial score (nSPS) is 12.2. The highest BCUT2D eigenvalue weighted by molar-refractivity contribution is 5.75. The molecule has 1 rings (SSSR count). The smallest absolute Gasteiger partial charge is 0.325 e. The molecule has 0 radical (unpaired) electrons. The molecule has 0 amide bonds. The third-order valence-corrected chi connectivity index (χ3v) is 1.70. The number of hydrogen-bond donors (Lipinski definition) is 2. The van der Waals surface area contributed by atoms with Crippen LogP contribution in [0.1, 0.15) is 18.3 Å². The average Bonchev–Trinajstić information content (AvgIpc) is 2.01. The first kappa shape index (κ1) is 10.4. The molecule has 0 aliphatic heterocycles. The summed E-state index contributed by atoms with van der Waals surface area (Å²) in [6.45, 7) is 5.22. The SMILES string of the molecule is Cc1cc(C)nc(N[C@H](C)C(=O)O)n1. The van der Waals surface area contributed by atoms with Gasteiger partial charge in [0.1, 0.15) is 6.04 Å². The number of carboxylic acid groups (broad SMARTS) is 1. The van der Waals surface area contributed by atoms with Gasteiger partial charge in [0.15, 0.2) is 0 Å². The van der Waals surface area contributed by atoms with Gasteiger partial charge < -0.3 is 10.4 Å². The molecule has 76 valence electrons. The van der Waals surface area contributed by atoms with Gasteiger partial charge in [0.2, 0.25) is 5.95 Å². The zero-order valence-electron chi connectivity index (χ0n) is 8.40. The van der Waals surface area contributed by atoms with Gasteiger partial charge in [-0.2, -0.15) is 0 Å². The van der Waals surface area contributed by atoms with Crippen molar-refractivity contribution in [2.24, 2.45) is 0 Å². The summed E-state index contributed by atoms with van der Waals surface area (Å²) in [6.07, 6.45) is 0. The maximum Gasteiger partial charge on any atom is 0.325 e. The van der Waals surface area contributed by atoms with Gasteiger partial charge in [-0.1, -0.05) is 0 Å². The van der Waals surface area contributed by atoms with Crippen molar-refractivity contribution >= 4 is 11.9 Å². The van der Waals surface area contributed by atoms with Gasteiger partial charge in [-0.25, -0.2) is 9.97 Å². The van der Waals surface area contributed by atoms with Gasteiger partial charge in [-0.3, -0.25) is 4.79 Å². The summed E-state index contributed by atoms with van der Waals surface area (Å²) in [4.78, 5) is 18.7. The number of nitrogens with one attached hydrogen (secondary N) is 1. The van der Waals surface area contributed by atoms with Crippen molar-refractivity contribution in [3.63, 3.8) is 0 Å². The van der Waals surface area contributed by atoms with E-state index in [1.165, 1.54) is 0 Å². The second-order valence-electron chi connectivity index (χ2n) is 3.18. The summed E-state index contributed by atoms with van der Waals surface area (Å²) in [5.74, 6) is -0.565. The Labute approximate surface area is 82.2 Å². The highest BCUT2D eigenvalue weighted by atomic mass is 16.4. The van der Waals surface area contributed by atoms with E-state index in [0.717, 1.165) is 11.4 Å². The molecular weight excluding hydrogens is 182 g/mol. The van der Waals surface area contributed by atoms with Crippen LogP contribution in [-0.2, 0) is 4.79 Å². The van der Waals surface area contributed by atoms with Crippen LogP contribution in [0.25, 0.3) is 0 Å². The molecule has 0 aromatic carbocycles. The van der Waals surface area contributed by atoms with E-state index in [9.17, 15) is 4.79 Å². The summed E-state index contributed by atoms with van der Waals surface area (Å²) < 4.78 is 0. The number of hydrogen-bond acceptors (Lipinski definition) is 4. The molecule has 2 N–H and O–H groups in total. The predicted octanol–water partition coefficient (Wildman–Crippen LogP) is 0.978. The first-order chi connectivity index (χ1) is 6.49. The fraction of sp³-hybridized carbons (Fsp3) is 0.444. The Bertz CT molecular complexity index is 332. The monoisotopic (exact) mass is 195 g/mol. The lowest BCUT2D eigenvalue weighted by Crippen LogP contribution is -2.26. The summed E-state index contributed by atoms with van der Waals surface area (Å²) >= 11 is 0. The van der Waals surface area contributed by atoms with E-state index in [2.05, 4.69) is 15.3 Å². The molecule has 1 aromatic rings. The number of carbonyl (C=O) groups is 1. The molecule has 14 heavy (non-hydrogen) atoms. The first-order valence-electron chi connectivity index (χ1n) is 4.30. The summed E-state index contributed by atoms with van der Waals surface area (Å²) in [5, 5.41) is 11.4. The van der Waals surface area contributed by atoms with Gasteiger partial charge >= 0.3 is 5.97 Å². The molecule has 0 aliphatic rings. The van der Waals surface area contributed by atoms with Crippen molar-refractivity contribution in [2.45, 2.75) is 26.8 Å². The Kier molecular flexibility index (Phi) is 3.01. The van der Waals surface area contributed by atoms with E-state index < -0.39 is 12.0 Å². The third kappa shape index (κ3) is 2.69. The number of aromatic nitrogens is 2. The maximum atomic E-state index is 10.6. The van der Waals surface area contributed by atoms with Crippen LogP contribution in [0.5, 0.6) is 0 Å². The molecule has 0 unspecified atom stereocenters. The molecule has 5 nitrogen and oxygen atoms in total. The van der Waals surface area contributed by atoms with Crippen LogP contribution in [0, 0.1) is 13.8 Å². The molecule has 0 bridgehead atoms. The summed E-state index contributed by atoms with van der Waals surface area (Å²) in [5.41, 5.74) is 1.63. The van der Waals surface area contributed by atoms with Gasteiger partial charge in [0, 0.05) is 11.4 Å². The van der Waals surface area contributed by atoms with Crippen LogP contribution in [0.15, 0.2) is 6.07 Å². The van der Waals surface area contributed by atoms with Gasteiger partial charge in [-0.15, -0.1) is 0 Å². The van der Waals surface area contributed by atoms with Crippen molar-refractivity contribution in [3.05, 3.63) is 17.5 Å². The second-order valence-corrected chi connectivity index (χ2v) is 3.18. The molecule has 0 aliphatic carbocycles.